The standard InChI is InChI=1S/C26H20N4O4/c31-25-16-34-23-5-4-18(13-22(23)30(25)15-17-6-9-27-10-7-17)19-8-11-28-24(14-19)29-21-3-1-2-20(12-21)26(32)33/h1-14H,15-16H2,(H,28,29)(H,32,33). The van der Waals surface area contributed by atoms with Crippen molar-refractivity contribution in [1.82, 2.24) is 9.97 Å². The van der Waals surface area contributed by atoms with E-state index in [1.54, 1.807) is 41.7 Å². The normalized spacial score (nSPS) is 12.6. The van der Waals surface area contributed by atoms with Crippen molar-refractivity contribution in [2.75, 3.05) is 16.8 Å². The van der Waals surface area contributed by atoms with Gasteiger partial charge in [-0.05, 0) is 71.3 Å². The van der Waals surface area contributed by atoms with Crippen molar-refractivity contribution in [3.63, 3.8) is 0 Å². The predicted molar refractivity (Wildman–Crippen MR) is 127 cm³/mol. The van der Waals surface area contributed by atoms with Crippen LogP contribution in [0.5, 0.6) is 5.75 Å². The van der Waals surface area contributed by atoms with Crippen molar-refractivity contribution in [1.29, 1.82) is 0 Å². The molecule has 0 aliphatic carbocycles. The summed E-state index contributed by atoms with van der Waals surface area (Å²) in [5, 5.41) is 12.4. The quantitative estimate of drug-likeness (QED) is 0.443. The van der Waals surface area contributed by atoms with Crippen molar-refractivity contribution in [2.45, 2.75) is 6.54 Å². The zero-order valence-electron chi connectivity index (χ0n) is 18.0. The largest absolute Gasteiger partial charge is 0.482 e. The Hall–Kier alpha value is -4.72. The van der Waals surface area contributed by atoms with Crippen LogP contribution in [0.2, 0.25) is 0 Å². The second kappa shape index (κ2) is 9.03. The van der Waals surface area contributed by atoms with Crippen LogP contribution in [0.25, 0.3) is 11.1 Å². The van der Waals surface area contributed by atoms with Gasteiger partial charge in [-0.3, -0.25) is 9.78 Å². The topological polar surface area (TPSA) is 105 Å². The molecule has 3 heterocycles. The molecule has 0 saturated heterocycles. The van der Waals surface area contributed by atoms with Gasteiger partial charge in [0, 0.05) is 24.3 Å². The number of ether oxygens (including phenoxy) is 1. The lowest BCUT2D eigenvalue weighted by Gasteiger charge is -2.30. The molecule has 0 bridgehead atoms. The van der Waals surface area contributed by atoms with Crippen LogP contribution in [-0.2, 0) is 11.3 Å². The average Bonchev–Trinajstić information content (AvgIpc) is 2.86. The van der Waals surface area contributed by atoms with Gasteiger partial charge in [-0.15, -0.1) is 0 Å². The molecule has 34 heavy (non-hydrogen) atoms. The van der Waals surface area contributed by atoms with Gasteiger partial charge in [0.25, 0.3) is 5.91 Å². The van der Waals surface area contributed by atoms with Crippen LogP contribution in [-0.4, -0.2) is 33.6 Å². The average molecular weight is 452 g/mol. The maximum Gasteiger partial charge on any atom is 0.335 e. The van der Waals surface area contributed by atoms with Gasteiger partial charge in [0.05, 0.1) is 17.8 Å². The van der Waals surface area contributed by atoms with E-state index in [0.717, 1.165) is 16.7 Å². The number of anilines is 3. The Morgan fingerprint density at radius 3 is 2.65 bits per heavy atom. The zero-order valence-corrected chi connectivity index (χ0v) is 18.0. The highest BCUT2D eigenvalue weighted by Gasteiger charge is 2.26. The molecule has 8 heteroatoms. The molecule has 5 rings (SSSR count). The first-order chi connectivity index (χ1) is 16.6. The summed E-state index contributed by atoms with van der Waals surface area (Å²) < 4.78 is 5.65. The van der Waals surface area contributed by atoms with Gasteiger partial charge in [0.2, 0.25) is 0 Å². The third-order valence-corrected chi connectivity index (χ3v) is 5.47. The number of rotatable bonds is 6. The Morgan fingerprint density at radius 1 is 1.00 bits per heavy atom. The minimum atomic E-state index is -0.993. The Kier molecular flexibility index (Phi) is 5.61. The number of carboxylic acid groups (broad SMARTS) is 1. The van der Waals surface area contributed by atoms with Crippen LogP contribution in [0.15, 0.2) is 85.3 Å². The molecule has 168 valence electrons. The fourth-order valence-corrected chi connectivity index (χ4v) is 3.78. The number of amides is 1. The number of hydrogen-bond donors (Lipinski definition) is 2. The Balaban J connectivity index is 1.44. The number of carbonyl (C=O) groups excluding carboxylic acids is 1. The second-order valence-electron chi connectivity index (χ2n) is 7.75. The van der Waals surface area contributed by atoms with E-state index in [-0.39, 0.29) is 18.1 Å². The molecule has 0 saturated carbocycles. The summed E-state index contributed by atoms with van der Waals surface area (Å²) in [5.41, 5.74) is 4.26. The summed E-state index contributed by atoms with van der Waals surface area (Å²) >= 11 is 0. The maximum absolute atomic E-state index is 12.7. The first-order valence-electron chi connectivity index (χ1n) is 10.6. The molecule has 4 aromatic rings. The molecule has 1 amide bonds. The number of nitrogens with zero attached hydrogens (tertiary/aromatic N) is 3. The Bertz CT molecular complexity index is 1370. The van der Waals surface area contributed by atoms with Crippen LogP contribution < -0.4 is 15.0 Å². The van der Waals surface area contributed by atoms with Crippen LogP contribution in [0.3, 0.4) is 0 Å². The molecule has 0 radical (unpaired) electrons. The van der Waals surface area contributed by atoms with E-state index in [0.29, 0.717) is 29.5 Å². The highest BCUT2D eigenvalue weighted by atomic mass is 16.5. The van der Waals surface area contributed by atoms with Crippen molar-refractivity contribution in [3.05, 3.63) is 96.4 Å². The van der Waals surface area contributed by atoms with Crippen molar-refractivity contribution >= 4 is 29.1 Å². The summed E-state index contributed by atoms with van der Waals surface area (Å²) in [4.78, 5) is 34.0. The Morgan fingerprint density at radius 2 is 1.82 bits per heavy atom. The summed E-state index contributed by atoms with van der Waals surface area (Å²) in [5.74, 6) is 0.110. The monoisotopic (exact) mass is 452 g/mol. The molecule has 0 atom stereocenters. The number of aromatic carboxylic acids is 1. The van der Waals surface area contributed by atoms with Crippen LogP contribution in [0.1, 0.15) is 15.9 Å². The SMILES string of the molecule is O=C(O)c1cccc(Nc2cc(-c3ccc4c(c3)N(Cc3ccncc3)C(=O)CO4)ccn2)c1. The first kappa shape index (κ1) is 21.1. The summed E-state index contributed by atoms with van der Waals surface area (Å²) in [6.45, 7) is 0.417. The van der Waals surface area contributed by atoms with E-state index in [9.17, 15) is 14.7 Å². The number of aromatic nitrogens is 2. The summed E-state index contributed by atoms with van der Waals surface area (Å²) in [7, 11) is 0. The number of pyridine rings is 2. The summed E-state index contributed by atoms with van der Waals surface area (Å²) in [6, 6.07) is 19.8. The van der Waals surface area contributed by atoms with Crippen LogP contribution >= 0.6 is 0 Å². The lowest BCUT2D eigenvalue weighted by atomic mass is 10.0. The van der Waals surface area contributed by atoms with Crippen LogP contribution in [0.4, 0.5) is 17.2 Å². The van der Waals surface area contributed by atoms with Gasteiger partial charge >= 0.3 is 5.97 Å². The minimum absolute atomic E-state index is 0.00381. The van der Waals surface area contributed by atoms with Gasteiger partial charge in [0.1, 0.15) is 11.6 Å². The third-order valence-electron chi connectivity index (χ3n) is 5.47. The fourth-order valence-electron chi connectivity index (χ4n) is 3.78. The molecule has 2 N–H and O–H groups in total. The maximum atomic E-state index is 12.7. The Labute approximate surface area is 195 Å². The zero-order chi connectivity index (χ0) is 23.5. The molecule has 0 fully saturated rings. The number of benzene rings is 2. The molecular formula is C26H20N4O4. The number of nitrogens with one attached hydrogen (secondary N) is 1. The lowest BCUT2D eigenvalue weighted by Crippen LogP contribution is -2.38. The van der Waals surface area contributed by atoms with Crippen LogP contribution in [0, 0.1) is 0 Å². The smallest absolute Gasteiger partial charge is 0.335 e. The van der Waals surface area contributed by atoms with Gasteiger partial charge in [-0.25, -0.2) is 9.78 Å². The highest BCUT2D eigenvalue weighted by molar-refractivity contribution is 5.98. The third kappa shape index (κ3) is 4.42. The van der Waals surface area contributed by atoms with Gasteiger partial charge in [-0.1, -0.05) is 12.1 Å². The van der Waals surface area contributed by atoms with Crippen molar-refractivity contribution in [2.24, 2.45) is 0 Å². The van der Waals surface area contributed by atoms with E-state index in [1.807, 2.05) is 42.5 Å². The van der Waals surface area contributed by atoms with Crippen molar-refractivity contribution < 1.29 is 19.4 Å². The molecule has 2 aromatic heterocycles. The number of hydrogen-bond acceptors (Lipinski definition) is 6. The minimum Gasteiger partial charge on any atom is -0.482 e. The molecular weight excluding hydrogens is 432 g/mol. The lowest BCUT2D eigenvalue weighted by molar-refractivity contribution is -0.121. The van der Waals surface area contributed by atoms with E-state index >= 15 is 0 Å². The number of carboxylic acids is 1. The number of carbonyl (C=O) groups is 2. The molecule has 1 aliphatic heterocycles. The van der Waals surface area contributed by atoms with Gasteiger partial charge in [-0.2, -0.15) is 0 Å². The molecule has 8 nitrogen and oxygen atoms in total. The predicted octanol–water partition coefficient (Wildman–Crippen LogP) is 4.51. The van der Waals surface area contributed by atoms with E-state index in [1.165, 1.54) is 6.07 Å². The molecule has 0 unspecified atom stereocenters. The van der Waals surface area contributed by atoms with E-state index < -0.39 is 5.97 Å². The highest BCUT2D eigenvalue weighted by Crippen LogP contribution is 2.37. The molecule has 2 aromatic carbocycles. The van der Waals surface area contributed by atoms with E-state index in [2.05, 4.69) is 15.3 Å². The molecule has 0 spiro atoms. The first-order valence-corrected chi connectivity index (χ1v) is 10.6. The second-order valence-corrected chi connectivity index (χ2v) is 7.75. The van der Waals surface area contributed by atoms with E-state index in [4.69, 9.17) is 4.74 Å². The molecule has 1 aliphatic rings. The van der Waals surface area contributed by atoms with Crippen molar-refractivity contribution in [3.8, 4) is 16.9 Å². The number of fused-ring (bicyclic) bond motifs is 1. The fraction of sp³-hybridized carbons (Fsp3) is 0.0769. The summed E-state index contributed by atoms with van der Waals surface area (Å²) in [6.07, 6.45) is 5.08. The van der Waals surface area contributed by atoms with Gasteiger partial charge < -0.3 is 20.1 Å². The van der Waals surface area contributed by atoms with Gasteiger partial charge in [0.15, 0.2) is 6.61 Å².